The number of rotatable bonds is 15. The average Bonchev–Trinajstić information content (AvgIpc) is 3.70. The summed E-state index contributed by atoms with van der Waals surface area (Å²) in [7, 11) is 0. The SMILES string of the molecule is CC(C)(C)OC(=O)NCCCOCCCNC[C@H]1CC[C@H](n2cc(NC(=O)c3cnn4ccc(N5CCOCC5)nc34)c(C(F)F)n2)CC1. The minimum absolute atomic E-state index is 0.00556. The molecule has 0 unspecified atom stereocenters. The van der Waals surface area contributed by atoms with Crippen LogP contribution in [0.4, 0.5) is 25.1 Å². The lowest BCUT2D eigenvalue weighted by atomic mass is 9.86. The molecule has 5 rings (SSSR count). The molecule has 0 bridgehead atoms. The number of morpholine rings is 1. The van der Waals surface area contributed by atoms with E-state index in [1.54, 1.807) is 10.9 Å². The predicted molar refractivity (Wildman–Crippen MR) is 179 cm³/mol. The van der Waals surface area contributed by atoms with Crippen LogP contribution in [0.25, 0.3) is 5.65 Å². The second kappa shape index (κ2) is 17.2. The number of ether oxygens (including phenoxy) is 3. The first-order valence-corrected chi connectivity index (χ1v) is 17.2. The molecule has 0 aromatic carbocycles. The summed E-state index contributed by atoms with van der Waals surface area (Å²) in [4.78, 5) is 31.7. The molecule has 2 fully saturated rings. The number of nitrogens with one attached hydrogen (secondary N) is 3. The second-order valence-electron chi connectivity index (χ2n) is 13.5. The van der Waals surface area contributed by atoms with Gasteiger partial charge in [0.05, 0.1) is 31.1 Å². The van der Waals surface area contributed by atoms with Crippen LogP contribution >= 0.6 is 0 Å². The van der Waals surface area contributed by atoms with E-state index in [4.69, 9.17) is 14.2 Å². The molecule has 2 aliphatic rings. The predicted octanol–water partition coefficient (Wildman–Crippen LogP) is 4.59. The summed E-state index contributed by atoms with van der Waals surface area (Å²) in [6.07, 6.45) is 6.50. The summed E-state index contributed by atoms with van der Waals surface area (Å²) >= 11 is 0. The van der Waals surface area contributed by atoms with Crippen molar-refractivity contribution in [2.75, 3.05) is 69.4 Å². The van der Waals surface area contributed by atoms with Gasteiger partial charge in [0.1, 0.15) is 17.0 Å². The number of alkyl halides is 2. The fraction of sp³-hybridized carbons (Fsp3) is 0.667. The number of aromatic nitrogens is 5. The molecule has 14 nitrogen and oxygen atoms in total. The third-order valence-electron chi connectivity index (χ3n) is 8.55. The van der Waals surface area contributed by atoms with Gasteiger partial charge in [-0.2, -0.15) is 10.2 Å². The molecule has 270 valence electrons. The van der Waals surface area contributed by atoms with E-state index in [9.17, 15) is 18.4 Å². The fourth-order valence-electron chi connectivity index (χ4n) is 6.03. The normalized spacial score (nSPS) is 18.6. The maximum Gasteiger partial charge on any atom is 0.407 e. The van der Waals surface area contributed by atoms with Crippen LogP contribution < -0.4 is 20.9 Å². The summed E-state index contributed by atoms with van der Waals surface area (Å²) in [5.74, 6) is 0.619. The van der Waals surface area contributed by atoms with Gasteiger partial charge < -0.3 is 35.1 Å². The number of carbonyl (C=O) groups excluding carboxylic acids is 2. The van der Waals surface area contributed by atoms with E-state index in [1.807, 2.05) is 26.8 Å². The Kier molecular flexibility index (Phi) is 12.7. The number of anilines is 2. The van der Waals surface area contributed by atoms with E-state index >= 15 is 0 Å². The molecule has 2 amide bonds. The molecule has 16 heteroatoms. The first-order chi connectivity index (χ1) is 23.6. The third-order valence-corrected chi connectivity index (χ3v) is 8.55. The van der Waals surface area contributed by atoms with E-state index in [0.717, 1.165) is 51.6 Å². The smallest absolute Gasteiger partial charge is 0.407 e. The summed E-state index contributed by atoms with van der Waals surface area (Å²) in [6, 6.07) is 1.80. The van der Waals surface area contributed by atoms with Crippen LogP contribution in [0.5, 0.6) is 0 Å². The standard InChI is InChI=1S/C33H49F2N9O5/c1-33(2,3)49-32(46)37-12-5-17-47-16-4-11-36-20-23-6-8-24(9-7-23)44-22-26(28(41-44)29(34)35)39-31(45)25-21-38-43-13-10-27(40-30(25)43)42-14-18-48-19-15-42/h10,13,21-24,29,36H,4-9,11-12,14-20H2,1-3H3,(H,37,46)(H,39,45)/t23-,24-. The number of hydrogen-bond acceptors (Lipinski definition) is 10. The number of alkyl carbamates (subject to hydrolysis) is 1. The van der Waals surface area contributed by atoms with E-state index < -0.39 is 29.7 Å². The Bertz CT molecular complexity index is 1510. The minimum Gasteiger partial charge on any atom is -0.444 e. The first kappa shape index (κ1) is 36.4. The molecule has 1 aliphatic heterocycles. The van der Waals surface area contributed by atoms with Gasteiger partial charge in [0, 0.05) is 45.2 Å². The minimum atomic E-state index is -2.84. The molecule has 1 aliphatic carbocycles. The molecule has 0 radical (unpaired) electrons. The van der Waals surface area contributed by atoms with E-state index in [0.29, 0.717) is 63.4 Å². The van der Waals surface area contributed by atoms with Crippen molar-refractivity contribution in [2.24, 2.45) is 5.92 Å². The van der Waals surface area contributed by atoms with Gasteiger partial charge in [0.25, 0.3) is 12.3 Å². The third kappa shape index (κ3) is 10.5. The highest BCUT2D eigenvalue weighted by Gasteiger charge is 2.28. The van der Waals surface area contributed by atoms with Gasteiger partial charge in [-0.3, -0.25) is 9.48 Å². The molecule has 0 atom stereocenters. The van der Waals surface area contributed by atoms with Crippen molar-refractivity contribution in [3.63, 3.8) is 0 Å². The monoisotopic (exact) mass is 689 g/mol. The van der Waals surface area contributed by atoms with Crippen molar-refractivity contribution in [1.29, 1.82) is 0 Å². The summed E-state index contributed by atoms with van der Waals surface area (Å²) in [6.45, 7) is 11.5. The number of fused-ring (bicyclic) bond motifs is 1. The van der Waals surface area contributed by atoms with Crippen molar-refractivity contribution in [3.05, 3.63) is 35.9 Å². The Labute approximate surface area is 285 Å². The number of carbonyl (C=O) groups is 2. The molecule has 0 spiro atoms. The molecule has 3 aromatic rings. The van der Waals surface area contributed by atoms with Gasteiger partial charge in [0.2, 0.25) is 0 Å². The van der Waals surface area contributed by atoms with Gasteiger partial charge in [-0.1, -0.05) is 0 Å². The zero-order valence-corrected chi connectivity index (χ0v) is 28.6. The second-order valence-corrected chi connectivity index (χ2v) is 13.5. The highest BCUT2D eigenvalue weighted by Crippen LogP contribution is 2.35. The number of halogens is 2. The number of hydrogen-bond donors (Lipinski definition) is 3. The van der Waals surface area contributed by atoms with Crippen LogP contribution in [0.1, 0.15) is 87.8 Å². The van der Waals surface area contributed by atoms with E-state index in [-0.39, 0.29) is 17.3 Å². The number of nitrogens with zero attached hydrogens (tertiary/aromatic N) is 6. The van der Waals surface area contributed by atoms with Gasteiger partial charge in [0.15, 0.2) is 11.3 Å². The Morgan fingerprint density at radius 3 is 2.53 bits per heavy atom. The lowest BCUT2D eigenvalue weighted by Gasteiger charge is -2.29. The lowest BCUT2D eigenvalue weighted by molar-refractivity contribution is 0.0519. The van der Waals surface area contributed by atoms with Crippen LogP contribution in [-0.4, -0.2) is 101 Å². The summed E-state index contributed by atoms with van der Waals surface area (Å²) < 4.78 is 47.5. The molecular weight excluding hydrogens is 640 g/mol. The highest BCUT2D eigenvalue weighted by molar-refractivity contribution is 6.08. The zero-order chi connectivity index (χ0) is 34.8. The van der Waals surface area contributed by atoms with Crippen LogP contribution in [0.15, 0.2) is 24.7 Å². The fourth-order valence-corrected chi connectivity index (χ4v) is 6.03. The molecule has 49 heavy (non-hydrogen) atoms. The average molecular weight is 690 g/mol. The van der Waals surface area contributed by atoms with Crippen molar-refractivity contribution in [1.82, 2.24) is 35.0 Å². The highest BCUT2D eigenvalue weighted by atomic mass is 19.3. The molecule has 1 saturated heterocycles. The largest absolute Gasteiger partial charge is 0.444 e. The molecule has 4 heterocycles. The van der Waals surface area contributed by atoms with Crippen molar-refractivity contribution in [2.45, 2.75) is 77.4 Å². The Hall–Kier alpha value is -3.89. The van der Waals surface area contributed by atoms with Crippen LogP contribution in [0.2, 0.25) is 0 Å². The Morgan fingerprint density at radius 2 is 1.82 bits per heavy atom. The van der Waals surface area contributed by atoms with E-state index in [1.165, 1.54) is 16.9 Å². The maximum absolute atomic E-state index is 14.0. The molecule has 3 N–H and O–H groups in total. The van der Waals surface area contributed by atoms with Crippen molar-refractivity contribution in [3.8, 4) is 0 Å². The van der Waals surface area contributed by atoms with Gasteiger partial charge >= 0.3 is 6.09 Å². The van der Waals surface area contributed by atoms with Crippen molar-refractivity contribution >= 4 is 29.2 Å². The summed E-state index contributed by atoms with van der Waals surface area (Å²) in [5, 5.41) is 17.3. The topological polar surface area (TPSA) is 149 Å². The maximum atomic E-state index is 14.0. The number of amides is 2. The Morgan fingerprint density at radius 1 is 1.08 bits per heavy atom. The van der Waals surface area contributed by atoms with E-state index in [2.05, 4.69) is 36.0 Å². The van der Waals surface area contributed by atoms with Gasteiger partial charge in [-0.25, -0.2) is 23.1 Å². The van der Waals surface area contributed by atoms with Crippen LogP contribution in [0.3, 0.4) is 0 Å². The van der Waals surface area contributed by atoms with Gasteiger partial charge in [-0.15, -0.1) is 0 Å². The lowest BCUT2D eigenvalue weighted by Crippen LogP contribution is -2.36. The molecule has 1 saturated carbocycles. The zero-order valence-electron chi connectivity index (χ0n) is 28.6. The summed E-state index contributed by atoms with van der Waals surface area (Å²) in [5.41, 5.74) is -0.428. The Balaban J connectivity index is 1.03. The first-order valence-electron chi connectivity index (χ1n) is 17.2. The van der Waals surface area contributed by atoms with Crippen LogP contribution in [0, 0.1) is 5.92 Å². The molecular formula is C33H49F2N9O5. The van der Waals surface area contributed by atoms with Crippen LogP contribution in [-0.2, 0) is 14.2 Å². The van der Waals surface area contributed by atoms with Crippen molar-refractivity contribution < 1.29 is 32.6 Å². The molecule has 3 aromatic heterocycles. The van der Waals surface area contributed by atoms with Gasteiger partial charge in [-0.05, 0) is 84.4 Å². The quantitative estimate of drug-likeness (QED) is 0.194.